The second-order valence-electron chi connectivity index (χ2n) is 4.39. The zero-order chi connectivity index (χ0) is 14.4. The van der Waals surface area contributed by atoms with Crippen LogP contribution in [-0.2, 0) is 4.79 Å². The van der Waals surface area contributed by atoms with Crippen LogP contribution >= 0.6 is 23.2 Å². The third-order valence-electron chi connectivity index (χ3n) is 2.75. The van der Waals surface area contributed by atoms with Gasteiger partial charge in [0, 0.05) is 34.6 Å². The Morgan fingerprint density at radius 3 is 2.63 bits per heavy atom. The number of benzene rings is 1. The van der Waals surface area contributed by atoms with Crippen molar-refractivity contribution in [1.82, 2.24) is 10.6 Å². The largest absolute Gasteiger partial charge is 0.387 e. The third-order valence-corrected chi connectivity index (χ3v) is 3.31. The molecule has 1 amide bonds. The molecule has 0 aliphatic rings. The molecule has 0 bridgehead atoms. The normalized spacial score (nSPS) is 13.9. The molecule has 0 radical (unpaired) electrons. The quantitative estimate of drug-likeness (QED) is 0.753. The molecular weight excluding hydrogens is 287 g/mol. The topological polar surface area (TPSA) is 61.4 Å². The predicted molar refractivity (Wildman–Crippen MR) is 77.5 cm³/mol. The molecule has 2 unspecified atom stereocenters. The minimum Gasteiger partial charge on any atom is -0.387 e. The molecule has 6 heteroatoms. The lowest BCUT2D eigenvalue weighted by Gasteiger charge is -2.16. The summed E-state index contributed by atoms with van der Waals surface area (Å²) in [6, 6.07) is 4.86. The summed E-state index contributed by atoms with van der Waals surface area (Å²) >= 11 is 11.8. The SMILES string of the molecule is CNCC(C)C(=O)NCC(O)c1ccc(Cl)cc1Cl. The van der Waals surface area contributed by atoms with Gasteiger partial charge in [-0.1, -0.05) is 36.2 Å². The highest BCUT2D eigenvalue weighted by Crippen LogP contribution is 2.25. The lowest BCUT2D eigenvalue weighted by molar-refractivity contribution is -0.124. The fourth-order valence-corrected chi connectivity index (χ4v) is 2.19. The van der Waals surface area contributed by atoms with Gasteiger partial charge in [-0.25, -0.2) is 0 Å². The first kappa shape index (κ1) is 16.2. The van der Waals surface area contributed by atoms with E-state index in [9.17, 15) is 9.90 Å². The Kier molecular flexibility index (Phi) is 6.58. The molecule has 3 N–H and O–H groups in total. The van der Waals surface area contributed by atoms with E-state index in [0.717, 1.165) is 0 Å². The van der Waals surface area contributed by atoms with Crippen LogP contribution in [0.25, 0.3) is 0 Å². The predicted octanol–water partition coefficient (Wildman–Crippen LogP) is 2.00. The molecule has 1 rings (SSSR count). The third kappa shape index (κ3) is 4.99. The van der Waals surface area contributed by atoms with Crippen LogP contribution in [0, 0.1) is 5.92 Å². The van der Waals surface area contributed by atoms with Gasteiger partial charge in [0.2, 0.25) is 5.91 Å². The lowest BCUT2D eigenvalue weighted by atomic mass is 10.1. The molecule has 0 aliphatic heterocycles. The highest BCUT2D eigenvalue weighted by Gasteiger charge is 2.16. The van der Waals surface area contributed by atoms with Crippen LogP contribution in [0.4, 0.5) is 0 Å². The summed E-state index contributed by atoms with van der Waals surface area (Å²) in [4.78, 5) is 11.7. The van der Waals surface area contributed by atoms with Crippen LogP contribution in [-0.4, -0.2) is 31.2 Å². The van der Waals surface area contributed by atoms with Crippen molar-refractivity contribution in [2.75, 3.05) is 20.1 Å². The zero-order valence-corrected chi connectivity index (χ0v) is 12.4. The number of nitrogens with one attached hydrogen (secondary N) is 2. The minimum absolute atomic E-state index is 0.113. The van der Waals surface area contributed by atoms with Crippen LogP contribution in [0.2, 0.25) is 10.0 Å². The number of amides is 1. The van der Waals surface area contributed by atoms with Crippen LogP contribution in [0.5, 0.6) is 0 Å². The van der Waals surface area contributed by atoms with Gasteiger partial charge in [-0.2, -0.15) is 0 Å². The molecule has 4 nitrogen and oxygen atoms in total. The second-order valence-corrected chi connectivity index (χ2v) is 5.23. The Labute approximate surface area is 123 Å². The summed E-state index contributed by atoms with van der Waals surface area (Å²) < 4.78 is 0. The maximum absolute atomic E-state index is 11.7. The van der Waals surface area contributed by atoms with E-state index in [4.69, 9.17) is 23.2 Å². The smallest absolute Gasteiger partial charge is 0.224 e. The van der Waals surface area contributed by atoms with Gasteiger partial charge >= 0.3 is 0 Å². The molecule has 1 aromatic rings. The van der Waals surface area contributed by atoms with Gasteiger partial charge in [0.25, 0.3) is 0 Å². The lowest BCUT2D eigenvalue weighted by Crippen LogP contribution is -2.36. The highest BCUT2D eigenvalue weighted by molar-refractivity contribution is 6.35. The van der Waals surface area contributed by atoms with Crippen molar-refractivity contribution in [2.24, 2.45) is 5.92 Å². The highest BCUT2D eigenvalue weighted by atomic mass is 35.5. The van der Waals surface area contributed by atoms with Crippen molar-refractivity contribution >= 4 is 29.1 Å². The van der Waals surface area contributed by atoms with Crippen molar-refractivity contribution in [3.63, 3.8) is 0 Å². The number of rotatable bonds is 6. The second kappa shape index (κ2) is 7.70. The van der Waals surface area contributed by atoms with Gasteiger partial charge in [0.05, 0.1) is 6.10 Å². The van der Waals surface area contributed by atoms with E-state index in [1.807, 2.05) is 6.92 Å². The van der Waals surface area contributed by atoms with Crippen LogP contribution < -0.4 is 10.6 Å². The van der Waals surface area contributed by atoms with E-state index in [2.05, 4.69) is 10.6 Å². The fourth-order valence-electron chi connectivity index (χ4n) is 1.65. The average molecular weight is 305 g/mol. The first-order valence-corrected chi connectivity index (χ1v) is 6.76. The summed E-state index contributed by atoms with van der Waals surface area (Å²) in [5, 5.41) is 16.5. The van der Waals surface area contributed by atoms with E-state index in [-0.39, 0.29) is 18.4 Å². The molecule has 0 saturated heterocycles. The van der Waals surface area contributed by atoms with Crippen LogP contribution in [0.1, 0.15) is 18.6 Å². The van der Waals surface area contributed by atoms with E-state index in [0.29, 0.717) is 22.2 Å². The van der Waals surface area contributed by atoms with Gasteiger partial charge in [-0.3, -0.25) is 4.79 Å². The van der Waals surface area contributed by atoms with Gasteiger partial charge in [-0.05, 0) is 19.2 Å². The van der Waals surface area contributed by atoms with Gasteiger partial charge in [-0.15, -0.1) is 0 Å². The molecule has 0 aliphatic carbocycles. The molecule has 0 heterocycles. The molecule has 0 spiro atoms. The molecule has 0 aromatic heterocycles. The summed E-state index contributed by atoms with van der Waals surface area (Å²) in [5.74, 6) is -0.267. The molecule has 1 aromatic carbocycles. The van der Waals surface area contributed by atoms with Crippen LogP contribution in [0.3, 0.4) is 0 Å². The maximum atomic E-state index is 11.7. The Hall–Kier alpha value is -0.810. The molecule has 0 saturated carbocycles. The number of aliphatic hydroxyl groups excluding tert-OH is 1. The van der Waals surface area contributed by atoms with Crippen LogP contribution in [0.15, 0.2) is 18.2 Å². The number of aliphatic hydroxyl groups is 1. The first-order valence-electron chi connectivity index (χ1n) is 6.01. The Morgan fingerprint density at radius 2 is 2.05 bits per heavy atom. The first-order chi connectivity index (χ1) is 8.95. The minimum atomic E-state index is -0.851. The van der Waals surface area contributed by atoms with E-state index in [1.165, 1.54) is 0 Å². The number of carbonyl (C=O) groups excluding carboxylic acids is 1. The summed E-state index contributed by atoms with van der Waals surface area (Å²) in [6.45, 7) is 2.52. The monoisotopic (exact) mass is 304 g/mol. The Bertz CT molecular complexity index is 441. The molecule has 19 heavy (non-hydrogen) atoms. The number of halogens is 2. The Morgan fingerprint density at radius 1 is 1.37 bits per heavy atom. The fraction of sp³-hybridized carbons (Fsp3) is 0.462. The van der Waals surface area contributed by atoms with E-state index in [1.54, 1.807) is 25.2 Å². The van der Waals surface area contributed by atoms with Gasteiger partial charge in [0.1, 0.15) is 0 Å². The van der Waals surface area contributed by atoms with Gasteiger partial charge < -0.3 is 15.7 Å². The van der Waals surface area contributed by atoms with Gasteiger partial charge in [0.15, 0.2) is 0 Å². The Balaban J connectivity index is 2.55. The molecule has 106 valence electrons. The summed E-state index contributed by atoms with van der Waals surface area (Å²) in [7, 11) is 1.78. The van der Waals surface area contributed by atoms with Crippen molar-refractivity contribution in [2.45, 2.75) is 13.0 Å². The summed E-state index contributed by atoms with van der Waals surface area (Å²) in [5.41, 5.74) is 0.549. The standard InChI is InChI=1S/C13H18Cl2N2O2/c1-8(6-16-2)13(19)17-7-12(18)10-4-3-9(14)5-11(10)15/h3-5,8,12,16,18H,6-7H2,1-2H3,(H,17,19). The zero-order valence-electron chi connectivity index (χ0n) is 10.9. The molecule has 0 fully saturated rings. The number of hydrogen-bond acceptors (Lipinski definition) is 3. The average Bonchev–Trinajstić information content (AvgIpc) is 2.35. The maximum Gasteiger partial charge on any atom is 0.224 e. The summed E-state index contributed by atoms with van der Waals surface area (Å²) in [6.07, 6.45) is -0.851. The molecule has 2 atom stereocenters. The van der Waals surface area contributed by atoms with E-state index < -0.39 is 6.10 Å². The van der Waals surface area contributed by atoms with Crippen molar-refractivity contribution < 1.29 is 9.90 Å². The van der Waals surface area contributed by atoms with Crippen molar-refractivity contribution in [3.8, 4) is 0 Å². The van der Waals surface area contributed by atoms with Crippen molar-refractivity contribution in [1.29, 1.82) is 0 Å². The van der Waals surface area contributed by atoms with Crippen molar-refractivity contribution in [3.05, 3.63) is 33.8 Å². The number of hydrogen-bond donors (Lipinski definition) is 3. The van der Waals surface area contributed by atoms with E-state index >= 15 is 0 Å². The molecular formula is C13H18Cl2N2O2. The number of carbonyl (C=O) groups is 1.